The van der Waals surface area contributed by atoms with Crippen molar-refractivity contribution >= 4 is 28.7 Å². The molecule has 0 aromatic carbocycles. The summed E-state index contributed by atoms with van der Waals surface area (Å²) in [4.78, 5) is 14.7. The summed E-state index contributed by atoms with van der Waals surface area (Å²) in [6.07, 6.45) is 1.46. The molecule has 1 N–H and O–H groups in total. The smallest absolute Gasteiger partial charge is 0.186 e. The summed E-state index contributed by atoms with van der Waals surface area (Å²) in [7, 11) is 0. The third kappa shape index (κ3) is 3.52. The van der Waals surface area contributed by atoms with E-state index in [9.17, 15) is 9.90 Å². The lowest BCUT2D eigenvalue weighted by Gasteiger charge is -2.35. The summed E-state index contributed by atoms with van der Waals surface area (Å²) in [6.45, 7) is 3.83. The zero-order valence-corrected chi connectivity index (χ0v) is 11.4. The molecule has 1 aliphatic heterocycles. The van der Waals surface area contributed by atoms with Gasteiger partial charge in [-0.3, -0.25) is 9.69 Å². The Morgan fingerprint density at radius 3 is 2.71 bits per heavy atom. The van der Waals surface area contributed by atoms with Crippen LogP contribution in [0.15, 0.2) is 12.1 Å². The number of likely N-dealkylation sites (tertiary alicyclic amines) is 1. The molecule has 0 amide bonds. The maximum absolute atomic E-state index is 11.9. The van der Waals surface area contributed by atoms with Crippen LogP contribution in [0.5, 0.6) is 0 Å². The van der Waals surface area contributed by atoms with Crippen LogP contribution < -0.4 is 0 Å². The minimum Gasteiger partial charge on any atom is -0.390 e. The number of rotatable bonds is 3. The van der Waals surface area contributed by atoms with Crippen LogP contribution >= 0.6 is 22.9 Å². The van der Waals surface area contributed by atoms with E-state index in [0.717, 1.165) is 25.9 Å². The molecule has 0 atom stereocenters. The molecule has 0 radical (unpaired) electrons. The van der Waals surface area contributed by atoms with Crippen molar-refractivity contribution in [1.82, 2.24) is 4.90 Å². The van der Waals surface area contributed by atoms with Crippen LogP contribution in [0, 0.1) is 0 Å². The van der Waals surface area contributed by atoms with E-state index in [4.69, 9.17) is 11.6 Å². The number of aliphatic hydroxyl groups is 1. The van der Waals surface area contributed by atoms with Gasteiger partial charge in [0.15, 0.2) is 5.78 Å². The van der Waals surface area contributed by atoms with Gasteiger partial charge in [-0.15, -0.1) is 11.3 Å². The second kappa shape index (κ2) is 5.06. The van der Waals surface area contributed by atoms with Crippen molar-refractivity contribution in [3.05, 3.63) is 21.3 Å². The lowest BCUT2D eigenvalue weighted by Crippen LogP contribution is -2.44. The highest BCUT2D eigenvalue weighted by atomic mass is 35.5. The Labute approximate surface area is 110 Å². The first-order valence-electron chi connectivity index (χ1n) is 5.69. The van der Waals surface area contributed by atoms with Crippen molar-refractivity contribution in [3.63, 3.8) is 0 Å². The van der Waals surface area contributed by atoms with Crippen LogP contribution in [0.1, 0.15) is 29.4 Å². The Kier molecular flexibility index (Phi) is 3.88. The van der Waals surface area contributed by atoms with Gasteiger partial charge in [0.05, 0.1) is 21.4 Å². The normalized spacial score (nSPS) is 20.4. The van der Waals surface area contributed by atoms with Gasteiger partial charge >= 0.3 is 0 Å². The number of ketones is 1. The molecule has 5 heteroatoms. The first-order valence-corrected chi connectivity index (χ1v) is 6.89. The molecule has 3 nitrogen and oxygen atoms in total. The van der Waals surface area contributed by atoms with Crippen molar-refractivity contribution in [2.75, 3.05) is 19.6 Å². The van der Waals surface area contributed by atoms with Gasteiger partial charge < -0.3 is 5.11 Å². The number of hydrogen-bond donors (Lipinski definition) is 1. The van der Waals surface area contributed by atoms with Crippen LogP contribution in [-0.4, -0.2) is 41.0 Å². The van der Waals surface area contributed by atoms with E-state index in [1.165, 1.54) is 11.3 Å². The van der Waals surface area contributed by atoms with Crippen LogP contribution in [0.3, 0.4) is 0 Å². The Morgan fingerprint density at radius 1 is 1.53 bits per heavy atom. The highest BCUT2D eigenvalue weighted by Crippen LogP contribution is 2.24. The van der Waals surface area contributed by atoms with Gasteiger partial charge in [-0.05, 0) is 31.9 Å². The van der Waals surface area contributed by atoms with Gasteiger partial charge in [0.1, 0.15) is 0 Å². The van der Waals surface area contributed by atoms with Crippen molar-refractivity contribution in [1.29, 1.82) is 0 Å². The van der Waals surface area contributed by atoms with E-state index >= 15 is 0 Å². The standard InChI is InChI=1S/C12H16ClNO2S/c1-12(16)4-6-14(7-5-12)8-9(15)10-2-3-11(13)17-10/h2-3,16H,4-8H2,1H3. The van der Waals surface area contributed by atoms with E-state index in [1.807, 2.05) is 6.92 Å². The van der Waals surface area contributed by atoms with E-state index in [0.29, 0.717) is 15.8 Å². The number of piperidine rings is 1. The van der Waals surface area contributed by atoms with E-state index in [2.05, 4.69) is 4.90 Å². The molecular formula is C12H16ClNO2S. The van der Waals surface area contributed by atoms with Crippen LogP contribution in [0.25, 0.3) is 0 Å². The van der Waals surface area contributed by atoms with Crippen molar-refractivity contribution in [2.24, 2.45) is 0 Å². The second-order valence-electron chi connectivity index (χ2n) is 4.80. The molecule has 2 heterocycles. The van der Waals surface area contributed by atoms with Crippen molar-refractivity contribution in [3.8, 4) is 0 Å². The largest absolute Gasteiger partial charge is 0.390 e. The number of halogens is 1. The zero-order chi connectivity index (χ0) is 12.5. The van der Waals surface area contributed by atoms with Crippen LogP contribution in [-0.2, 0) is 0 Å². The van der Waals surface area contributed by atoms with Gasteiger partial charge in [-0.1, -0.05) is 11.6 Å². The number of Topliss-reactive ketones (excluding diaryl/α,β-unsaturated/α-hetero) is 1. The minimum absolute atomic E-state index is 0.114. The molecular weight excluding hydrogens is 258 g/mol. The second-order valence-corrected chi connectivity index (χ2v) is 6.52. The fraction of sp³-hybridized carbons (Fsp3) is 0.583. The van der Waals surface area contributed by atoms with Crippen LogP contribution in [0.2, 0.25) is 4.34 Å². The summed E-state index contributed by atoms with van der Waals surface area (Å²) in [5.41, 5.74) is -0.564. The molecule has 0 spiro atoms. The molecule has 94 valence electrons. The summed E-state index contributed by atoms with van der Waals surface area (Å²) in [6, 6.07) is 3.52. The molecule has 1 fully saturated rings. The maximum Gasteiger partial charge on any atom is 0.186 e. The Hall–Kier alpha value is -0.420. The highest BCUT2D eigenvalue weighted by Gasteiger charge is 2.28. The molecule has 2 rings (SSSR count). The summed E-state index contributed by atoms with van der Waals surface area (Å²) in [5.74, 6) is 0.114. The average molecular weight is 274 g/mol. The summed E-state index contributed by atoms with van der Waals surface area (Å²) >= 11 is 7.13. The van der Waals surface area contributed by atoms with Gasteiger partial charge in [0, 0.05) is 13.1 Å². The quantitative estimate of drug-likeness (QED) is 0.860. The van der Waals surface area contributed by atoms with Crippen LogP contribution in [0.4, 0.5) is 0 Å². The number of nitrogens with zero attached hydrogens (tertiary/aromatic N) is 1. The Balaban J connectivity index is 1.88. The van der Waals surface area contributed by atoms with E-state index in [-0.39, 0.29) is 5.78 Å². The first-order chi connectivity index (χ1) is 7.96. The third-order valence-corrected chi connectivity index (χ3v) is 4.42. The maximum atomic E-state index is 11.9. The monoisotopic (exact) mass is 273 g/mol. The first kappa shape index (κ1) is 13.0. The number of thiophene rings is 1. The fourth-order valence-electron chi connectivity index (χ4n) is 1.94. The molecule has 1 aromatic rings. The number of hydrogen-bond acceptors (Lipinski definition) is 4. The average Bonchev–Trinajstić information content (AvgIpc) is 2.68. The van der Waals surface area contributed by atoms with Gasteiger partial charge in [-0.25, -0.2) is 0 Å². The van der Waals surface area contributed by atoms with Crippen molar-refractivity contribution in [2.45, 2.75) is 25.4 Å². The Bertz CT molecular complexity index is 406. The fourth-order valence-corrected chi connectivity index (χ4v) is 2.91. The Morgan fingerprint density at radius 2 is 2.18 bits per heavy atom. The number of carbonyl (C=O) groups is 1. The van der Waals surface area contributed by atoms with Gasteiger partial charge in [0.25, 0.3) is 0 Å². The molecule has 17 heavy (non-hydrogen) atoms. The summed E-state index contributed by atoms with van der Waals surface area (Å²) in [5, 5.41) is 9.82. The summed E-state index contributed by atoms with van der Waals surface area (Å²) < 4.78 is 0.648. The lowest BCUT2D eigenvalue weighted by molar-refractivity contribution is -0.00417. The molecule has 0 saturated carbocycles. The predicted molar refractivity (Wildman–Crippen MR) is 70.0 cm³/mol. The molecule has 0 unspecified atom stereocenters. The zero-order valence-electron chi connectivity index (χ0n) is 9.78. The van der Waals surface area contributed by atoms with Gasteiger partial charge in [-0.2, -0.15) is 0 Å². The number of carbonyl (C=O) groups excluding carboxylic acids is 1. The molecule has 1 aromatic heterocycles. The minimum atomic E-state index is -0.564. The van der Waals surface area contributed by atoms with Crippen molar-refractivity contribution < 1.29 is 9.90 Å². The predicted octanol–water partition coefficient (Wildman–Crippen LogP) is 2.43. The molecule has 1 aliphatic rings. The highest BCUT2D eigenvalue weighted by molar-refractivity contribution is 7.18. The molecule has 0 bridgehead atoms. The third-order valence-electron chi connectivity index (χ3n) is 3.15. The van der Waals surface area contributed by atoms with E-state index in [1.54, 1.807) is 12.1 Å². The SMILES string of the molecule is CC1(O)CCN(CC(=O)c2ccc(Cl)s2)CC1. The molecule has 1 saturated heterocycles. The molecule has 0 aliphatic carbocycles. The topological polar surface area (TPSA) is 40.5 Å². The van der Waals surface area contributed by atoms with Gasteiger partial charge in [0.2, 0.25) is 0 Å². The van der Waals surface area contributed by atoms with E-state index < -0.39 is 5.60 Å². The lowest BCUT2D eigenvalue weighted by atomic mass is 9.94.